The first-order valence-corrected chi connectivity index (χ1v) is 6.45. The maximum atomic E-state index is 11.8. The minimum atomic E-state index is -1.34. The summed E-state index contributed by atoms with van der Waals surface area (Å²) < 4.78 is 4.90. The van der Waals surface area contributed by atoms with E-state index in [0.717, 1.165) is 25.7 Å². The molecule has 0 aromatic carbocycles. The van der Waals surface area contributed by atoms with Gasteiger partial charge in [-0.25, -0.2) is 0 Å². The molecule has 0 aromatic rings. The Balaban J connectivity index is 4.59. The van der Waals surface area contributed by atoms with E-state index in [2.05, 4.69) is 6.92 Å². The normalized spacial score (nSPS) is 14.1. The van der Waals surface area contributed by atoms with Gasteiger partial charge in [0.1, 0.15) is 0 Å². The van der Waals surface area contributed by atoms with Crippen LogP contribution in [0.4, 0.5) is 0 Å². The molecule has 1 unspecified atom stereocenters. The van der Waals surface area contributed by atoms with Crippen molar-refractivity contribution in [1.82, 2.24) is 0 Å². The van der Waals surface area contributed by atoms with E-state index in [1.807, 2.05) is 0 Å². The Hall–Kier alpha value is -1.06. The molecule has 100 valence electrons. The van der Waals surface area contributed by atoms with Crippen molar-refractivity contribution in [3.63, 3.8) is 0 Å². The zero-order valence-electron chi connectivity index (χ0n) is 11.1. The van der Waals surface area contributed by atoms with Crippen LogP contribution in [0.3, 0.4) is 0 Å². The molecule has 0 fully saturated rings. The summed E-state index contributed by atoms with van der Waals surface area (Å²) in [5.74, 6) is -1.65. The highest BCUT2D eigenvalue weighted by Crippen LogP contribution is 2.31. The van der Waals surface area contributed by atoms with E-state index in [1.165, 1.54) is 0 Å². The lowest BCUT2D eigenvalue weighted by atomic mass is 9.80. The smallest absolute Gasteiger partial charge is 0.323 e. The molecule has 1 N–H and O–H groups in total. The summed E-state index contributed by atoms with van der Waals surface area (Å²) in [6, 6.07) is 0. The highest BCUT2D eigenvalue weighted by Gasteiger charge is 2.45. The number of carbonyl (C=O) groups is 2. The molecule has 0 aliphatic carbocycles. The standard InChI is InChI=1S/C13H24O4/c1-4-7-8-9-10-13(5-2,11(14)15)12(16)17-6-3/h4-10H2,1-3H3,(H,14,15). The van der Waals surface area contributed by atoms with Gasteiger partial charge in [-0.3, -0.25) is 9.59 Å². The molecule has 0 amide bonds. The van der Waals surface area contributed by atoms with Gasteiger partial charge in [0.2, 0.25) is 0 Å². The van der Waals surface area contributed by atoms with Crippen molar-refractivity contribution in [2.75, 3.05) is 6.61 Å². The number of aliphatic carboxylic acids is 1. The molecule has 4 nitrogen and oxygen atoms in total. The number of carboxylic acids is 1. The average molecular weight is 244 g/mol. The molecule has 1 atom stereocenters. The summed E-state index contributed by atoms with van der Waals surface area (Å²) in [6.45, 7) is 5.74. The van der Waals surface area contributed by atoms with Gasteiger partial charge in [-0.15, -0.1) is 0 Å². The van der Waals surface area contributed by atoms with Crippen molar-refractivity contribution in [3.8, 4) is 0 Å². The second-order valence-corrected chi connectivity index (χ2v) is 4.27. The van der Waals surface area contributed by atoms with Crippen LogP contribution in [0.15, 0.2) is 0 Å². The van der Waals surface area contributed by atoms with Gasteiger partial charge >= 0.3 is 11.9 Å². The van der Waals surface area contributed by atoms with Crippen LogP contribution in [-0.4, -0.2) is 23.7 Å². The van der Waals surface area contributed by atoms with E-state index in [4.69, 9.17) is 4.74 Å². The summed E-state index contributed by atoms with van der Waals surface area (Å²) in [6.07, 6.45) is 4.54. The quantitative estimate of drug-likeness (QED) is 0.385. The van der Waals surface area contributed by atoms with Crippen molar-refractivity contribution >= 4 is 11.9 Å². The Labute approximate surface area is 103 Å². The molecule has 0 saturated heterocycles. The molecule has 0 spiro atoms. The fraction of sp³-hybridized carbons (Fsp3) is 0.846. The maximum absolute atomic E-state index is 11.8. The van der Waals surface area contributed by atoms with E-state index in [0.29, 0.717) is 6.42 Å². The Morgan fingerprint density at radius 2 is 1.76 bits per heavy atom. The van der Waals surface area contributed by atoms with Crippen LogP contribution < -0.4 is 0 Å². The van der Waals surface area contributed by atoms with E-state index in [9.17, 15) is 14.7 Å². The van der Waals surface area contributed by atoms with E-state index in [1.54, 1.807) is 13.8 Å². The van der Waals surface area contributed by atoms with Gasteiger partial charge in [-0.05, 0) is 19.8 Å². The minimum Gasteiger partial charge on any atom is -0.480 e. The molecular weight excluding hydrogens is 220 g/mol. The summed E-state index contributed by atoms with van der Waals surface area (Å²) in [4.78, 5) is 23.1. The molecule has 0 rings (SSSR count). The van der Waals surface area contributed by atoms with Crippen LogP contribution in [0.5, 0.6) is 0 Å². The van der Waals surface area contributed by atoms with Gasteiger partial charge in [0.05, 0.1) is 6.61 Å². The van der Waals surface area contributed by atoms with Gasteiger partial charge in [-0.1, -0.05) is 39.5 Å². The third kappa shape index (κ3) is 4.36. The van der Waals surface area contributed by atoms with Crippen molar-refractivity contribution in [1.29, 1.82) is 0 Å². The predicted molar refractivity (Wildman–Crippen MR) is 65.8 cm³/mol. The summed E-state index contributed by atoms with van der Waals surface area (Å²) in [7, 11) is 0. The van der Waals surface area contributed by atoms with Gasteiger partial charge in [-0.2, -0.15) is 0 Å². The predicted octanol–water partition coefficient (Wildman–Crippen LogP) is 3.00. The number of unbranched alkanes of at least 4 members (excludes halogenated alkanes) is 3. The largest absolute Gasteiger partial charge is 0.480 e. The first-order chi connectivity index (χ1) is 8.05. The van der Waals surface area contributed by atoms with Gasteiger partial charge in [0, 0.05) is 0 Å². The molecule has 0 saturated carbocycles. The van der Waals surface area contributed by atoms with E-state index in [-0.39, 0.29) is 13.0 Å². The maximum Gasteiger partial charge on any atom is 0.323 e. The zero-order valence-corrected chi connectivity index (χ0v) is 11.1. The van der Waals surface area contributed by atoms with Crippen molar-refractivity contribution in [3.05, 3.63) is 0 Å². The summed E-state index contributed by atoms with van der Waals surface area (Å²) in [5.41, 5.74) is -1.34. The summed E-state index contributed by atoms with van der Waals surface area (Å²) in [5, 5.41) is 9.28. The molecule has 0 bridgehead atoms. The fourth-order valence-corrected chi connectivity index (χ4v) is 1.89. The monoisotopic (exact) mass is 244 g/mol. The molecule has 17 heavy (non-hydrogen) atoms. The average Bonchev–Trinajstić information content (AvgIpc) is 2.29. The Morgan fingerprint density at radius 3 is 2.18 bits per heavy atom. The summed E-state index contributed by atoms with van der Waals surface area (Å²) >= 11 is 0. The van der Waals surface area contributed by atoms with Crippen molar-refractivity contribution in [2.24, 2.45) is 5.41 Å². The lowest BCUT2D eigenvalue weighted by Gasteiger charge is -2.25. The molecular formula is C13H24O4. The number of hydrogen-bond acceptors (Lipinski definition) is 3. The first-order valence-electron chi connectivity index (χ1n) is 6.45. The van der Waals surface area contributed by atoms with Crippen LogP contribution in [0.2, 0.25) is 0 Å². The second-order valence-electron chi connectivity index (χ2n) is 4.27. The van der Waals surface area contributed by atoms with Crippen LogP contribution >= 0.6 is 0 Å². The SMILES string of the molecule is CCCCCCC(CC)(C(=O)O)C(=O)OCC. The third-order valence-corrected chi connectivity index (χ3v) is 3.14. The van der Waals surface area contributed by atoms with Gasteiger partial charge in [0.15, 0.2) is 5.41 Å². The molecule has 0 aromatic heterocycles. The lowest BCUT2D eigenvalue weighted by molar-refractivity contribution is -0.169. The number of carboxylic acid groups (broad SMARTS) is 1. The third-order valence-electron chi connectivity index (χ3n) is 3.14. The highest BCUT2D eigenvalue weighted by molar-refractivity contribution is 5.99. The Bertz CT molecular complexity index is 250. The number of ether oxygens (including phenoxy) is 1. The zero-order chi connectivity index (χ0) is 13.3. The molecule has 0 heterocycles. The number of hydrogen-bond donors (Lipinski definition) is 1. The molecule has 4 heteroatoms. The molecule has 0 aliphatic rings. The molecule has 0 radical (unpaired) electrons. The second kappa shape index (κ2) is 8.09. The van der Waals surface area contributed by atoms with Gasteiger partial charge < -0.3 is 9.84 Å². The van der Waals surface area contributed by atoms with E-state index >= 15 is 0 Å². The number of carbonyl (C=O) groups excluding carboxylic acids is 1. The van der Waals surface area contributed by atoms with Crippen LogP contribution in [-0.2, 0) is 14.3 Å². The highest BCUT2D eigenvalue weighted by atomic mass is 16.5. The first kappa shape index (κ1) is 15.9. The van der Waals surface area contributed by atoms with Crippen molar-refractivity contribution < 1.29 is 19.4 Å². The topological polar surface area (TPSA) is 63.6 Å². The Morgan fingerprint density at radius 1 is 1.12 bits per heavy atom. The molecule has 0 aliphatic heterocycles. The van der Waals surface area contributed by atoms with E-state index < -0.39 is 17.4 Å². The van der Waals surface area contributed by atoms with Crippen molar-refractivity contribution in [2.45, 2.75) is 59.3 Å². The number of esters is 1. The lowest BCUT2D eigenvalue weighted by Crippen LogP contribution is -2.40. The van der Waals surface area contributed by atoms with Gasteiger partial charge in [0.25, 0.3) is 0 Å². The van der Waals surface area contributed by atoms with Crippen LogP contribution in [0.25, 0.3) is 0 Å². The Kier molecular flexibility index (Phi) is 7.59. The minimum absolute atomic E-state index is 0.225. The number of rotatable bonds is 9. The fourth-order valence-electron chi connectivity index (χ4n) is 1.89. The van der Waals surface area contributed by atoms with Crippen LogP contribution in [0.1, 0.15) is 59.3 Å². The van der Waals surface area contributed by atoms with Crippen LogP contribution in [0, 0.1) is 5.41 Å².